The first kappa shape index (κ1) is 18.2. The Balaban J connectivity index is 1.87. The van der Waals surface area contributed by atoms with Gasteiger partial charge in [-0.2, -0.15) is 0 Å². The summed E-state index contributed by atoms with van der Waals surface area (Å²) in [5, 5.41) is 0. The zero-order chi connectivity index (χ0) is 18.8. The number of aryl methyl sites for hydroxylation is 1. The van der Waals surface area contributed by atoms with E-state index < -0.39 is 5.97 Å². The van der Waals surface area contributed by atoms with Gasteiger partial charge in [0.05, 0.1) is 12.2 Å². The lowest BCUT2D eigenvalue weighted by atomic mass is 10.1. The average molecular weight is 358 g/mol. The minimum Gasteiger partial charge on any atom is -0.462 e. The molecular formula is C20H23FN2O3. The van der Waals surface area contributed by atoms with Crippen molar-refractivity contribution in [2.75, 3.05) is 6.61 Å². The van der Waals surface area contributed by atoms with E-state index in [1.54, 1.807) is 37.8 Å². The first-order valence-corrected chi connectivity index (χ1v) is 8.84. The zero-order valence-corrected chi connectivity index (χ0v) is 15.3. The molecule has 3 rings (SSSR count). The Morgan fingerprint density at radius 3 is 2.46 bits per heavy atom. The molecule has 138 valence electrons. The summed E-state index contributed by atoms with van der Waals surface area (Å²) in [6.07, 6.45) is 1.91. The van der Waals surface area contributed by atoms with Gasteiger partial charge in [-0.05, 0) is 56.9 Å². The molecule has 0 unspecified atom stereocenters. The van der Waals surface area contributed by atoms with Gasteiger partial charge in [-0.1, -0.05) is 12.1 Å². The smallest absolute Gasteiger partial charge is 0.340 e. The molecule has 0 radical (unpaired) electrons. The molecule has 1 saturated carbocycles. The van der Waals surface area contributed by atoms with E-state index in [1.807, 2.05) is 0 Å². The summed E-state index contributed by atoms with van der Waals surface area (Å²) in [6, 6.07) is 6.35. The van der Waals surface area contributed by atoms with Gasteiger partial charge in [-0.15, -0.1) is 0 Å². The monoisotopic (exact) mass is 358 g/mol. The van der Waals surface area contributed by atoms with E-state index >= 15 is 0 Å². The number of nitrogens with zero attached hydrogens (tertiary/aromatic N) is 1. The van der Waals surface area contributed by atoms with Crippen molar-refractivity contribution in [1.29, 1.82) is 0 Å². The molecule has 26 heavy (non-hydrogen) atoms. The molecular weight excluding hydrogens is 335 g/mol. The lowest BCUT2D eigenvalue weighted by Gasteiger charge is -2.22. The Bertz CT molecular complexity index is 822. The number of carbonyl (C=O) groups is 2. The zero-order valence-electron chi connectivity index (χ0n) is 15.3. The normalized spacial score (nSPS) is 13.5. The van der Waals surface area contributed by atoms with Crippen LogP contribution in [0, 0.1) is 19.7 Å². The largest absolute Gasteiger partial charge is 0.462 e. The predicted octanol–water partition coefficient (Wildman–Crippen LogP) is 3.75. The lowest BCUT2D eigenvalue weighted by Crippen LogP contribution is -2.33. The van der Waals surface area contributed by atoms with E-state index in [-0.39, 0.29) is 24.4 Å². The second-order valence-electron chi connectivity index (χ2n) is 6.64. The van der Waals surface area contributed by atoms with Gasteiger partial charge < -0.3 is 14.6 Å². The number of benzene rings is 1. The molecule has 2 aromatic rings. The van der Waals surface area contributed by atoms with E-state index in [0.29, 0.717) is 29.1 Å². The third-order valence-corrected chi connectivity index (χ3v) is 4.65. The quantitative estimate of drug-likeness (QED) is 0.800. The SMILES string of the molecule is CCOC(=O)c1c(C)[nH]c(C(=O)N(Cc2ccc(F)cc2)C2CC2)c1C. The first-order chi connectivity index (χ1) is 12.4. The van der Waals surface area contributed by atoms with Gasteiger partial charge in [0.1, 0.15) is 11.5 Å². The number of aromatic amines is 1. The van der Waals surface area contributed by atoms with Crippen LogP contribution in [-0.2, 0) is 11.3 Å². The molecule has 1 aliphatic rings. The van der Waals surface area contributed by atoms with Crippen LogP contribution in [0.25, 0.3) is 0 Å². The van der Waals surface area contributed by atoms with Gasteiger partial charge in [-0.3, -0.25) is 4.79 Å². The number of hydrogen-bond acceptors (Lipinski definition) is 3. The molecule has 0 spiro atoms. The summed E-state index contributed by atoms with van der Waals surface area (Å²) < 4.78 is 18.2. The van der Waals surface area contributed by atoms with Crippen molar-refractivity contribution in [1.82, 2.24) is 9.88 Å². The molecule has 1 N–H and O–H groups in total. The summed E-state index contributed by atoms with van der Waals surface area (Å²) in [6.45, 7) is 5.96. The number of rotatable bonds is 6. The van der Waals surface area contributed by atoms with Crippen LogP contribution < -0.4 is 0 Å². The van der Waals surface area contributed by atoms with Crippen molar-refractivity contribution >= 4 is 11.9 Å². The Kier molecular flexibility index (Phi) is 5.11. The van der Waals surface area contributed by atoms with Gasteiger partial charge in [0.15, 0.2) is 0 Å². The molecule has 1 aromatic carbocycles. The summed E-state index contributed by atoms with van der Waals surface area (Å²) in [4.78, 5) is 30.1. The first-order valence-electron chi connectivity index (χ1n) is 8.84. The van der Waals surface area contributed by atoms with Crippen LogP contribution in [0.2, 0.25) is 0 Å². The number of esters is 1. The fourth-order valence-corrected chi connectivity index (χ4v) is 3.16. The molecule has 1 heterocycles. The highest BCUT2D eigenvalue weighted by Crippen LogP contribution is 2.31. The number of aromatic nitrogens is 1. The minimum absolute atomic E-state index is 0.145. The Hall–Kier alpha value is -2.63. The number of nitrogens with one attached hydrogen (secondary N) is 1. The predicted molar refractivity (Wildman–Crippen MR) is 95.5 cm³/mol. The molecule has 5 nitrogen and oxygen atoms in total. The van der Waals surface area contributed by atoms with Crippen LogP contribution in [0.3, 0.4) is 0 Å². The highest BCUT2D eigenvalue weighted by Gasteiger charge is 2.35. The van der Waals surface area contributed by atoms with E-state index in [4.69, 9.17) is 4.74 Å². The summed E-state index contributed by atoms with van der Waals surface area (Å²) in [5.74, 6) is -0.866. The van der Waals surface area contributed by atoms with Gasteiger partial charge in [-0.25, -0.2) is 9.18 Å². The Morgan fingerprint density at radius 2 is 1.88 bits per heavy atom. The summed E-state index contributed by atoms with van der Waals surface area (Å²) >= 11 is 0. The van der Waals surface area contributed by atoms with Crippen LogP contribution in [-0.4, -0.2) is 34.4 Å². The van der Waals surface area contributed by atoms with E-state index in [2.05, 4.69) is 4.98 Å². The highest BCUT2D eigenvalue weighted by molar-refractivity contribution is 6.00. The maximum atomic E-state index is 13.1. The van der Waals surface area contributed by atoms with Crippen LogP contribution in [0.1, 0.15) is 57.4 Å². The second kappa shape index (κ2) is 7.32. The lowest BCUT2D eigenvalue weighted by molar-refractivity contribution is 0.0525. The molecule has 1 amide bonds. The molecule has 1 aromatic heterocycles. The van der Waals surface area contributed by atoms with Crippen molar-refractivity contribution in [3.05, 3.63) is 58.2 Å². The maximum Gasteiger partial charge on any atom is 0.340 e. The Labute approximate surface area is 152 Å². The second-order valence-corrected chi connectivity index (χ2v) is 6.64. The van der Waals surface area contributed by atoms with Crippen molar-refractivity contribution in [3.8, 4) is 0 Å². The van der Waals surface area contributed by atoms with Crippen LogP contribution in [0.4, 0.5) is 4.39 Å². The molecule has 0 bridgehead atoms. The van der Waals surface area contributed by atoms with Crippen molar-refractivity contribution in [2.45, 2.75) is 46.2 Å². The topological polar surface area (TPSA) is 62.4 Å². The molecule has 6 heteroatoms. The molecule has 0 aliphatic heterocycles. The number of hydrogen-bond donors (Lipinski definition) is 1. The number of ether oxygens (including phenoxy) is 1. The minimum atomic E-state index is -0.422. The number of carbonyl (C=O) groups excluding carboxylic acids is 2. The van der Waals surface area contributed by atoms with Gasteiger partial charge >= 0.3 is 5.97 Å². The van der Waals surface area contributed by atoms with E-state index in [9.17, 15) is 14.0 Å². The summed E-state index contributed by atoms with van der Waals surface area (Å²) in [5.41, 5.74) is 2.95. The number of halogens is 1. The van der Waals surface area contributed by atoms with Crippen molar-refractivity contribution in [2.24, 2.45) is 0 Å². The molecule has 0 saturated heterocycles. The molecule has 1 fully saturated rings. The van der Waals surface area contributed by atoms with Crippen LogP contribution >= 0.6 is 0 Å². The third kappa shape index (κ3) is 3.64. The van der Waals surface area contributed by atoms with Crippen molar-refractivity contribution in [3.63, 3.8) is 0 Å². The average Bonchev–Trinajstić information content (AvgIpc) is 3.39. The standard InChI is InChI=1S/C20H23FN2O3/c1-4-26-20(25)17-12(2)18(22-13(17)3)19(24)23(16-9-10-16)11-14-5-7-15(21)8-6-14/h5-8,16,22H,4,9-11H2,1-3H3. The fraction of sp³-hybridized carbons (Fsp3) is 0.400. The molecule has 0 atom stereocenters. The maximum absolute atomic E-state index is 13.1. The van der Waals surface area contributed by atoms with Crippen LogP contribution in [0.15, 0.2) is 24.3 Å². The Morgan fingerprint density at radius 1 is 1.23 bits per heavy atom. The highest BCUT2D eigenvalue weighted by atomic mass is 19.1. The third-order valence-electron chi connectivity index (χ3n) is 4.65. The van der Waals surface area contributed by atoms with E-state index in [0.717, 1.165) is 18.4 Å². The number of H-pyrrole nitrogens is 1. The van der Waals surface area contributed by atoms with E-state index in [1.165, 1.54) is 12.1 Å². The molecule has 1 aliphatic carbocycles. The number of amides is 1. The van der Waals surface area contributed by atoms with Gasteiger partial charge in [0, 0.05) is 18.3 Å². The van der Waals surface area contributed by atoms with Gasteiger partial charge in [0.25, 0.3) is 5.91 Å². The fourth-order valence-electron chi connectivity index (χ4n) is 3.16. The van der Waals surface area contributed by atoms with Crippen molar-refractivity contribution < 1.29 is 18.7 Å². The summed E-state index contributed by atoms with van der Waals surface area (Å²) in [7, 11) is 0. The van der Waals surface area contributed by atoms with Gasteiger partial charge in [0.2, 0.25) is 0 Å². The van der Waals surface area contributed by atoms with Crippen LogP contribution in [0.5, 0.6) is 0 Å².